The molecule has 0 fully saturated rings. The number of aromatic nitrogens is 1. The van der Waals surface area contributed by atoms with Crippen molar-refractivity contribution in [3.63, 3.8) is 0 Å². The van der Waals surface area contributed by atoms with E-state index in [4.69, 9.17) is 0 Å². The molecule has 0 saturated heterocycles. The number of rotatable bonds is 3. The van der Waals surface area contributed by atoms with Gasteiger partial charge in [0.25, 0.3) is 0 Å². The second-order valence-corrected chi connectivity index (χ2v) is 3.25. The fourth-order valence-electron chi connectivity index (χ4n) is 1.12. The Morgan fingerprint density at radius 2 is 2.08 bits per heavy atom. The minimum Gasteiger partial charge on any atom is -0.305 e. The van der Waals surface area contributed by atoms with Gasteiger partial charge in [0, 0.05) is 18.4 Å². The number of nitrogens with zero attached hydrogens (tertiary/aromatic N) is 2. The van der Waals surface area contributed by atoms with Crippen molar-refractivity contribution >= 4 is 0 Å². The Morgan fingerprint density at radius 3 is 2.50 bits per heavy atom. The minimum atomic E-state index is 0.969. The zero-order chi connectivity index (χ0) is 8.97. The Bertz CT molecular complexity index is 226. The maximum Gasteiger partial charge on any atom is 0.0401 e. The quantitative estimate of drug-likeness (QED) is 0.676. The molecule has 0 aliphatic rings. The lowest BCUT2D eigenvalue weighted by Crippen LogP contribution is -2.10. The standard InChI is InChI=1S/C10H16N2/c1-4-10-6-5-9(7-11-10)8-12(2)3/h5-7H,4,8H2,1-3H3. The third-order valence-corrected chi connectivity index (χ3v) is 1.75. The van der Waals surface area contributed by atoms with Gasteiger partial charge in [-0.2, -0.15) is 0 Å². The van der Waals surface area contributed by atoms with Gasteiger partial charge in [-0.05, 0) is 32.1 Å². The van der Waals surface area contributed by atoms with Crippen LogP contribution in [0.15, 0.2) is 18.3 Å². The lowest BCUT2D eigenvalue weighted by atomic mass is 10.2. The molecule has 12 heavy (non-hydrogen) atoms. The normalized spacial score (nSPS) is 10.7. The molecule has 0 saturated carbocycles. The van der Waals surface area contributed by atoms with Crippen molar-refractivity contribution in [3.8, 4) is 0 Å². The van der Waals surface area contributed by atoms with Crippen molar-refractivity contribution in [1.29, 1.82) is 0 Å². The first-order chi connectivity index (χ1) is 5.72. The molecule has 1 heterocycles. The van der Waals surface area contributed by atoms with E-state index in [1.54, 1.807) is 0 Å². The van der Waals surface area contributed by atoms with Gasteiger partial charge in [-0.3, -0.25) is 4.98 Å². The summed E-state index contributed by atoms with van der Waals surface area (Å²) in [5.41, 5.74) is 2.44. The number of aryl methyl sites for hydroxylation is 1. The second-order valence-electron chi connectivity index (χ2n) is 3.25. The Kier molecular flexibility index (Phi) is 3.23. The van der Waals surface area contributed by atoms with Gasteiger partial charge in [0.2, 0.25) is 0 Å². The smallest absolute Gasteiger partial charge is 0.0401 e. The van der Waals surface area contributed by atoms with Crippen LogP contribution < -0.4 is 0 Å². The first-order valence-corrected chi connectivity index (χ1v) is 4.31. The van der Waals surface area contributed by atoms with E-state index in [-0.39, 0.29) is 0 Å². The molecular weight excluding hydrogens is 148 g/mol. The van der Waals surface area contributed by atoms with Crippen molar-refractivity contribution in [1.82, 2.24) is 9.88 Å². The Morgan fingerprint density at radius 1 is 1.33 bits per heavy atom. The average molecular weight is 164 g/mol. The first kappa shape index (κ1) is 9.20. The third kappa shape index (κ3) is 2.62. The summed E-state index contributed by atoms with van der Waals surface area (Å²) in [6.07, 6.45) is 2.97. The van der Waals surface area contributed by atoms with Gasteiger partial charge in [-0.1, -0.05) is 13.0 Å². The summed E-state index contributed by atoms with van der Waals surface area (Å²) in [4.78, 5) is 6.47. The molecule has 0 amide bonds. The predicted octanol–water partition coefficient (Wildman–Crippen LogP) is 1.71. The van der Waals surface area contributed by atoms with Crippen LogP contribution >= 0.6 is 0 Å². The summed E-state index contributed by atoms with van der Waals surface area (Å²) in [6.45, 7) is 3.09. The summed E-state index contributed by atoms with van der Waals surface area (Å²) in [5.74, 6) is 0. The van der Waals surface area contributed by atoms with E-state index in [0.29, 0.717) is 0 Å². The molecule has 66 valence electrons. The molecule has 2 heteroatoms. The molecule has 0 bridgehead atoms. The third-order valence-electron chi connectivity index (χ3n) is 1.75. The van der Waals surface area contributed by atoms with Crippen LogP contribution in [0.5, 0.6) is 0 Å². The fourth-order valence-corrected chi connectivity index (χ4v) is 1.12. The van der Waals surface area contributed by atoms with Crippen LogP contribution in [-0.2, 0) is 13.0 Å². The van der Waals surface area contributed by atoms with Crippen LogP contribution in [0.4, 0.5) is 0 Å². The highest BCUT2D eigenvalue weighted by Crippen LogP contribution is 2.02. The molecule has 0 aromatic carbocycles. The molecule has 0 unspecified atom stereocenters. The molecule has 0 aliphatic heterocycles. The monoisotopic (exact) mass is 164 g/mol. The van der Waals surface area contributed by atoms with Crippen molar-refractivity contribution in [2.24, 2.45) is 0 Å². The lowest BCUT2D eigenvalue weighted by molar-refractivity contribution is 0.402. The summed E-state index contributed by atoms with van der Waals surface area (Å²) >= 11 is 0. The van der Waals surface area contributed by atoms with Crippen LogP contribution in [0, 0.1) is 0 Å². The topological polar surface area (TPSA) is 16.1 Å². The van der Waals surface area contributed by atoms with Crippen LogP contribution in [0.1, 0.15) is 18.2 Å². The summed E-state index contributed by atoms with van der Waals surface area (Å²) in [6, 6.07) is 4.24. The zero-order valence-electron chi connectivity index (χ0n) is 8.04. The summed E-state index contributed by atoms with van der Waals surface area (Å²) < 4.78 is 0. The van der Waals surface area contributed by atoms with Crippen LogP contribution in [0.25, 0.3) is 0 Å². The molecule has 1 aromatic rings. The number of pyridine rings is 1. The maximum atomic E-state index is 4.32. The highest BCUT2D eigenvalue weighted by molar-refractivity contribution is 5.13. The summed E-state index contributed by atoms with van der Waals surface area (Å²) in [5, 5.41) is 0. The van der Waals surface area contributed by atoms with Crippen molar-refractivity contribution in [3.05, 3.63) is 29.6 Å². The molecule has 1 aromatic heterocycles. The molecule has 0 spiro atoms. The van der Waals surface area contributed by atoms with Gasteiger partial charge in [-0.15, -0.1) is 0 Å². The fraction of sp³-hybridized carbons (Fsp3) is 0.500. The van der Waals surface area contributed by atoms with E-state index >= 15 is 0 Å². The highest BCUT2D eigenvalue weighted by atomic mass is 15.0. The highest BCUT2D eigenvalue weighted by Gasteiger charge is 1.95. The molecule has 0 aliphatic carbocycles. The van der Waals surface area contributed by atoms with Gasteiger partial charge in [0.05, 0.1) is 0 Å². The molecule has 0 atom stereocenters. The van der Waals surface area contributed by atoms with Gasteiger partial charge >= 0.3 is 0 Å². The van der Waals surface area contributed by atoms with E-state index < -0.39 is 0 Å². The number of hydrogen-bond donors (Lipinski definition) is 0. The Balaban J connectivity index is 2.65. The molecule has 0 N–H and O–H groups in total. The zero-order valence-corrected chi connectivity index (χ0v) is 8.04. The van der Waals surface area contributed by atoms with Crippen LogP contribution in [-0.4, -0.2) is 24.0 Å². The second kappa shape index (κ2) is 4.21. The largest absolute Gasteiger partial charge is 0.305 e. The Labute approximate surface area is 74.2 Å². The summed E-state index contributed by atoms with van der Waals surface area (Å²) in [7, 11) is 4.13. The lowest BCUT2D eigenvalue weighted by Gasteiger charge is -2.08. The van der Waals surface area contributed by atoms with E-state index in [0.717, 1.165) is 18.7 Å². The van der Waals surface area contributed by atoms with Crippen molar-refractivity contribution in [2.75, 3.05) is 14.1 Å². The maximum absolute atomic E-state index is 4.32. The molecule has 1 rings (SSSR count). The van der Waals surface area contributed by atoms with E-state index in [1.165, 1.54) is 5.56 Å². The first-order valence-electron chi connectivity index (χ1n) is 4.31. The SMILES string of the molecule is CCc1ccc(CN(C)C)cn1. The van der Waals surface area contributed by atoms with Crippen LogP contribution in [0.3, 0.4) is 0 Å². The van der Waals surface area contributed by atoms with Gasteiger partial charge in [0.15, 0.2) is 0 Å². The predicted molar refractivity (Wildman–Crippen MR) is 51.0 cm³/mol. The van der Waals surface area contributed by atoms with Gasteiger partial charge in [-0.25, -0.2) is 0 Å². The van der Waals surface area contributed by atoms with Gasteiger partial charge < -0.3 is 4.90 Å². The van der Waals surface area contributed by atoms with Crippen molar-refractivity contribution in [2.45, 2.75) is 19.9 Å². The van der Waals surface area contributed by atoms with E-state index in [9.17, 15) is 0 Å². The minimum absolute atomic E-state index is 0.969. The van der Waals surface area contributed by atoms with Crippen LogP contribution in [0.2, 0.25) is 0 Å². The Hall–Kier alpha value is -0.890. The molecule has 0 radical (unpaired) electrons. The average Bonchev–Trinajstić information content (AvgIpc) is 2.05. The van der Waals surface area contributed by atoms with E-state index in [2.05, 4.69) is 43.0 Å². The molecule has 2 nitrogen and oxygen atoms in total. The number of hydrogen-bond acceptors (Lipinski definition) is 2. The van der Waals surface area contributed by atoms with Gasteiger partial charge in [0.1, 0.15) is 0 Å². The molecular formula is C10H16N2. The van der Waals surface area contributed by atoms with Crippen molar-refractivity contribution < 1.29 is 0 Å². The van der Waals surface area contributed by atoms with E-state index in [1.807, 2.05) is 6.20 Å².